The number of rotatable bonds is 9. The van der Waals surface area contributed by atoms with Crippen LogP contribution < -0.4 is 10.2 Å². The van der Waals surface area contributed by atoms with E-state index in [2.05, 4.69) is 49.3 Å². The van der Waals surface area contributed by atoms with E-state index < -0.39 is 0 Å². The van der Waals surface area contributed by atoms with Crippen molar-refractivity contribution in [1.29, 1.82) is 0 Å². The molecule has 1 rings (SSSR count). The molecule has 0 radical (unpaired) electrons. The van der Waals surface area contributed by atoms with Crippen molar-refractivity contribution in [3.8, 4) is 0 Å². The summed E-state index contributed by atoms with van der Waals surface area (Å²) in [6.45, 7) is 7.87. The number of anilines is 1. The molecule has 0 spiro atoms. The molecule has 3 nitrogen and oxygen atoms in total. The van der Waals surface area contributed by atoms with Crippen molar-refractivity contribution in [3.05, 3.63) is 28.8 Å². The molecule has 114 valence electrons. The number of benzene rings is 1. The molecule has 1 aromatic rings. The van der Waals surface area contributed by atoms with Crippen molar-refractivity contribution in [2.45, 2.75) is 26.8 Å². The van der Waals surface area contributed by atoms with Gasteiger partial charge in [-0.25, -0.2) is 0 Å². The van der Waals surface area contributed by atoms with Gasteiger partial charge < -0.3 is 15.0 Å². The fraction of sp³-hybridized carbons (Fsp3) is 0.625. The molecule has 0 aliphatic rings. The van der Waals surface area contributed by atoms with Gasteiger partial charge in [-0.1, -0.05) is 37.9 Å². The Morgan fingerprint density at radius 1 is 1.40 bits per heavy atom. The monoisotopic (exact) mass is 298 g/mol. The van der Waals surface area contributed by atoms with Crippen molar-refractivity contribution in [3.63, 3.8) is 0 Å². The number of hydrogen-bond acceptors (Lipinski definition) is 3. The van der Waals surface area contributed by atoms with Crippen LogP contribution in [0, 0.1) is 5.92 Å². The molecule has 0 aliphatic carbocycles. The first-order valence-corrected chi connectivity index (χ1v) is 7.65. The lowest BCUT2D eigenvalue weighted by Crippen LogP contribution is -2.23. The fourth-order valence-electron chi connectivity index (χ4n) is 2.02. The third-order valence-electron chi connectivity index (χ3n) is 3.56. The summed E-state index contributed by atoms with van der Waals surface area (Å²) in [6.07, 6.45) is 1.19. The summed E-state index contributed by atoms with van der Waals surface area (Å²) in [5, 5.41) is 4.13. The lowest BCUT2D eigenvalue weighted by atomic mass is 10.1. The molecule has 0 fully saturated rings. The van der Waals surface area contributed by atoms with Crippen LogP contribution in [0.3, 0.4) is 0 Å². The second-order valence-electron chi connectivity index (χ2n) is 5.34. The second-order valence-corrected chi connectivity index (χ2v) is 5.75. The minimum atomic E-state index is 0.689. The third-order valence-corrected chi connectivity index (χ3v) is 3.91. The van der Waals surface area contributed by atoms with E-state index in [0.717, 1.165) is 30.2 Å². The Balaban J connectivity index is 2.58. The van der Waals surface area contributed by atoms with Gasteiger partial charge in [-0.05, 0) is 23.6 Å². The van der Waals surface area contributed by atoms with Gasteiger partial charge in [0, 0.05) is 44.5 Å². The highest BCUT2D eigenvalue weighted by molar-refractivity contribution is 6.31. The first kappa shape index (κ1) is 17.3. The van der Waals surface area contributed by atoms with Gasteiger partial charge in [0.1, 0.15) is 0 Å². The summed E-state index contributed by atoms with van der Waals surface area (Å²) in [6, 6.07) is 6.30. The van der Waals surface area contributed by atoms with Gasteiger partial charge >= 0.3 is 0 Å². The maximum Gasteiger partial charge on any atom is 0.0587 e. The molecule has 0 bridgehead atoms. The van der Waals surface area contributed by atoms with E-state index in [-0.39, 0.29) is 0 Å². The van der Waals surface area contributed by atoms with Crippen LogP contribution in [0.15, 0.2) is 18.2 Å². The van der Waals surface area contributed by atoms with E-state index in [1.54, 1.807) is 7.11 Å². The van der Waals surface area contributed by atoms with E-state index in [0.29, 0.717) is 12.5 Å². The van der Waals surface area contributed by atoms with Crippen LogP contribution in [0.4, 0.5) is 5.69 Å². The Kier molecular flexibility index (Phi) is 7.97. The van der Waals surface area contributed by atoms with Crippen molar-refractivity contribution < 1.29 is 4.74 Å². The summed E-state index contributed by atoms with van der Waals surface area (Å²) >= 11 is 6.36. The highest BCUT2D eigenvalue weighted by atomic mass is 35.5. The lowest BCUT2D eigenvalue weighted by Gasteiger charge is -2.23. The smallest absolute Gasteiger partial charge is 0.0587 e. The zero-order valence-corrected chi connectivity index (χ0v) is 13.8. The van der Waals surface area contributed by atoms with Crippen LogP contribution in [0.5, 0.6) is 0 Å². The van der Waals surface area contributed by atoms with Gasteiger partial charge in [-0.15, -0.1) is 0 Å². The predicted molar refractivity (Wildman–Crippen MR) is 87.8 cm³/mol. The second kappa shape index (κ2) is 9.22. The van der Waals surface area contributed by atoms with Gasteiger partial charge in [-0.2, -0.15) is 0 Å². The predicted octanol–water partition coefficient (Wildman–Crippen LogP) is 3.56. The summed E-state index contributed by atoms with van der Waals surface area (Å²) in [7, 11) is 3.82. The van der Waals surface area contributed by atoms with E-state index in [9.17, 15) is 0 Å². The Hall–Kier alpha value is -0.770. The molecule has 1 N–H and O–H groups in total. The molecule has 1 atom stereocenters. The zero-order valence-electron chi connectivity index (χ0n) is 13.1. The van der Waals surface area contributed by atoms with E-state index in [1.807, 2.05) is 0 Å². The van der Waals surface area contributed by atoms with Crippen molar-refractivity contribution >= 4 is 17.3 Å². The molecule has 0 saturated heterocycles. The van der Waals surface area contributed by atoms with Crippen LogP contribution >= 0.6 is 11.6 Å². The average molecular weight is 299 g/mol. The normalized spacial score (nSPS) is 12.4. The van der Waals surface area contributed by atoms with Crippen molar-refractivity contribution in [2.75, 3.05) is 38.8 Å². The first-order chi connectivity index (χ1) is 9.58. The SMILES string of the molecule is CCC(C)CN(C)c1ccc(CNCCOC)c(Cl)c1. The van der Waals surface area contributed by atoms with Crippen LogP contribution in [0.25, 0.3) is 0 Å². The topological polar surface area (TPSA) is 24.5 Å². The summed E-state index contributed by atoms with van der Waals surface area (Å²) < 4.78 is 5.01. The molecule has 0 aromatic heterocycles. The zero-order chi connectivity index (χ0) is 15.0. The van der Waals surface area contributed by atoms with Crippen LogP contribution in [0.1, 0.15) is 25.8 Å². The van der Waals surface area contributed by atoms with Crippen LogP contribution in [-0.2, 0) is 11.3 Å². The van der Waals surface area contributed by atoms with E-state index in [4.69, 9.17) is 16.3 Å². The number of ether oxygens (including phenoxy) is 1. The molecule has 1 aromatic carbocycles. The number of methoxy groups -OCH3 is 1. The molecule has 0 saturated carbocycles. The lowest BCUT2D eigenvalue weighted by molar-refractivity contribution is 0.199. The maximum atomic E-state index is 6.36. The largest absolute Gasteiger partial charge is 0.383 e. The molecule has 0 amide bonds. The van der Waals surface area contributed by atoms with Gasteiger partial charge in [0.2, 0.25) is 0 Å². The first-order valence-electron chi connectivity index (χ1n) is 7.27. The van der Waals surface area contributed by atoms with Gasteiger partial charge in [0.05, 0.1) is 6.61 Å². The molecule has 20 heavy (non-hydrogen) atoms. The van der Waals surface area contributed by atoms with Crippen molar-refractivity contribution in [2.24, 2.45) is 5.92 Å². The van der Waals surface area contributed by atoms with Gasteiger partial charge in [0.15, 0.2) is 0 Å². The Morgan fingerprint density at radius 3 is 2.75 bits per heavy atom. The number of nitrogens with one attached hydrogen (secondary N) is 1. The molecular formula is C16H27ClN2O. The average Bonchev–Trinajstić information content (AvgIpc) is 2.44. The minimum absolute atomic E-state index is 0.689. The Bertz CT molecular complexity index is 398. The number of nitrogens with zero attached hydrogens (tertiary/aromatic N) is 1. The molecule has 4 heteroatoms. The number of halogens is 1. The summed E-state index contributed by atoms with van der Waals surface area (Å²) in [4.78, 5) is 2.27. The number of hydrogen-bond donors (Lipinski definition) is 1. The standard InChI is InChI=1S/C16H27ClN2O/c1-5-13(2)12-19(3)15-7-6-14(16(17)10-15)11-18-8-9-20-4/h6-7,10,13,18H,5,8-9,11-12H2,1-4H3. The van der Waals surface area contributed by atoms with Gasteiger partial charge in [0.25, 0.3) is 0 Å². The van der Waals surface area contributed by atoms with Crippen LogP contribution in [0.2, 0.25) is 5.02 Å². The van der Waals surface area contributed by atoms with E-state index in [1.165, 1.54) is 12.1 Å². The Labute approximate surface area is 128 Å². The molecule has 0 heterocycles. The van der Waals surface area contributed by atoms with Crippen LogP contribution in [-0.4, -0.2) is 33.9 Å². The highest BCUT2D eigenvalue weighted by Crippen LogP contribution is 2.24. The summed E-state index contributed by atoms with van der Waals surface area (Å²) in [5.74, 6) is 0.689. The molecule has 1 unspecified atom stereocenters. The summed E-state index contributed by atoms with van der Waals surface area (Å²) in [5.41, 5.74) is 2.31. The molecule has 0 aliphatic heterocycles. The third kappa shape index (κ3) is 5.70. The molecular weight excluding hydrogens is 272 g/mol. The minimum Gasteiger partial charge on any atom is -0.383 e. The highest BCUT2D eigenvalue weighted by Gasteiger charge is 2.08. The van der Waals surface area contributed by atoms with E-state index >= 15 is 0 Å². The van der Waals surface area contributed by atoms with Crippen molar-refractivity contribution in [1.82, 2.24) is 5.32 Å². The quantitative estimate of drug-likeness (QED) is 0.706. The Morgan fingerprint density at radius 2 is 2.15 bits per heavy atom. The maximum absolute atomic E-state index is 6.36. The fourth-order valence-corrected chi connectivity index (χ4v) is 2.26. The van der Waals surface area contributed by atoms with Gasteiger partial charge in [-0.3, -0.25) is 0 Å².